The SMILES string of the molecule is CC(C)(C(=O)O)c1ncc2cc(F)ccc2n1. The van der Waals surface area contributed by atoms with Crippen LogP contribution in [0.15, 0.2) is 24.4 Å². The number of hydrogen-bond acceptors (Lipinski definition) is 3. The molecule has 0 radical (unpaired) electrons. The van der Waals surface area contributed by atoms with Gasteiger partial charge in [-0.2, -0.15) is 0 Å². The van der Waals surface area contributed by atoms with Crippen molar-refractivity contribution < 1.29 is 14.3 Å². The lowest BCUT2D eigenvalue weighted by Crippen LogP contribution is -2.30. The molecule has 4 nitrogen and oxygen atoms in total. The molecule has 0 amide bonds. The molecule has 5 heteroatoms. The van der Waals surface area contributed by atoms with E-state index in [1.807, 2.05) is 0 Å². The maximum atomic E-state index is 12.9. The van der Waals surface area contributed by atoms with Gasteiger partial charge in [0.2, 0.25) is 0 Å². The monoisotopic (exact) mass is 234 g/mol. The van der Waals surface area contributed by atoms with Crippen molar-refractivity contribution in [1.82, 2.24) is 9.97 Å². The molecular weight excluding hydrogens is 223 g/mol. The smallest absolute Gasteiger partial charge is 0.316 e. The van der Waals surface area contributed by atoms with E-state index in [0.717, 1.165) is 0 Å². The van der Waals surface area contributed by atoms with Gasteiger partial charge >= 0.3 is 5.97 Å². The third-order valence-electron chi connectivity index (χ3n) is 2.64. The number of carboxylic acid groups (broad SMARTS) is 1. The molecule has 0 saturated carbocycles. The molecule has 2 aromatic rings. The molecule has 17 heavy (non-hydrogen) atoms. The van der Waals surface area contributed by atoms with Crippen molar-refractivity contribution in [3.8, 4) is 0 Å². The molecule has 1 heterocycles. The zero-order valence-corrected chi connectivity index (χ0v) is 9.44. The van der Waals surface area contributed by atoms with Crippen molar-refractivity contribution in [2.75, 3.05) is 0 Å². The van der Waals surface area contributed by atoms with Gasteiger partial charge in [-0.3, -0.25) is 4.79 Å². The molecule has 0 atom stereocenters. The molecule has 0 fully saturated rings. The molecule has 0 saturated heterocycles. The van der Waals surface area contributed by atoms with E-state index in [0.29, 0.717) is 10.9 Å². The van der Waals surface area contributed by atoms with Crippen molar-refractivity contribution in [3.63, 3.8) is 0 Å². The number of nitrogens with zero attached hydrogens (tertiary/aromatic N) is 2. The first-order valence-corrected chi connectivity index (χ1v) is 5.07. The van der Waals surface area contributed by atoms with E-state index in [4.69, 9.17) is 5.11 Å². The lowest BCUT2D eigenvalue weighted by molar-refractivity contribution is -0.142. The second-order valence-corrected chi connectivity index (χ2v) is 4.33. The van der Waals surface area contributed by atoms with Gasteiger partial charge in [0.1, 0.15) is 17.1 Å². The Morgan fingerprint density at radius 1 is 1.41 bits per heavy atom. The number of hydrogen-bond donors (Lipinski definition) is 1. The van der Waals surface area contributed by atoms with Crippen molar-refractivity contribution in [1.29, 1.82) is 0 Å². The van der Waals surface area contributed by atoms with E-state index in [-0.39, 0.29) is 11.6 Å². The topological polar surface area (TPSA) is 63.1 Å². The van der Waals surface area contributed by atoms with Crippen LogP contribution >= 0.6 is 0 Å². The van der Waals surface area contributed by atoms with Gasteiger partial charge in [-0.15, -0.1) is 0 Å². The van der Waals surface area contributed by atoms with E-state index >= 15 is 0 Å². The average molecular weight is 234 g/mol. The van der Waals surface area contributed by atoms with Gasteiger partial charge in [0, 0.05) is 11.6 Å². The molecule has 1 aromatic carbocycles. The molecule has 0 spiro atoms. The zero-order chi connectivity index (χ0) is 12.6. The molecule has 2 rings (SSSR count). The van der Waals surface area contributed by atoms with Crippen LogP contribution in [0, 0.1) is 5.82 Å². The molecule has 0 unspecified atom stereocenters. The minimum atomic E-state index is -1.16. The Bertz CT molecular complexity index is 596. The Morgan fingerprint density at radius 2 is 2.12 bits per heavy atom. The van der Waals surface area contributed by atoms with Crippen LogP contribution in [0.3, 0.4) is 0 Å². The Morgan fingerprint density at radius 3 is 2.76 bits per heavy atom. The van der Waals surface area contributed by atoms with Crippen LogP contribution in [-0.2, 0) is 10.2 Å². The summed E-state index contributed by atoms with van der Waals surface area (Å²) in [4.78, 5) is 19.2. The zero-order valence-electron chi connectivity index (χ0n) is 9.44. The number of rotatable bonds is 2. The summed E-state index contributed by atoms with van der Waals surface area (Å²) in [7, 11) is 0. The number of aromatic nitrogens is 2. The van der Waals surface area contributed by atoms with Crippen LogP contribution in [0.1, 0.15) is 19.7 Å². The van der Waals surface area contributed by atoms with Gasteiger partial charge in [-0.1, -0.05) is 0 Å². The second-order valence-electron chi connectivity index (χ2n) is 4.33. The second kappa shape index (κ2) is 3.76. The Hall–Kier alpha value is -2.04. The third-order valence-corrected chi connectivity index (χ3v) is 2.64. The lowest BCUT2D eigenvalue weighted by atomic mass is 9.92. The van der Waals surface area contributed by atoms with E-state index in [1.54, 1.807) is 0 Å². The third kappa shape index (κ3) is 1.95. The fourth-order valence-corrected chi connectivity index (χ4v) is 1.40. The van der Waals surface area contributed by atoms with Crippen LogP contribution < -0.4 is 0 Å². The Kier molecular flexibility index (Phi) is 2.53. The number of halogens is 1. The van der Waals surface area contributed by atoms with Gasteiger partial charge < -0.3 is 5.11 Å². The predicted molar refractivity (Wildman–Crippen MR) is 60.2 cm³/mol. The normalized spacial score (nSPS) is 11.7. The molecule has 0 aliphatic heterocycles. The minimum absolute atomic E-state index is 0.212. The fourth-order valence-electron chi connectivity index (χ4n) is 1.40. The first kappa shape index (κ1) is 11.4. The minimum Gasteiger partial charge on any atom is -0.481 e. The predicted octanol–water partition coefficient (Wildman–Crippen LogP) is 2.13. The largest absolute Gasteiger partial charge is 0.481 e. The van der Waals surface area contributed by atoms with Crippen LogP contribution in [0.25, 0.3) is 10.9 Å². The number of carbonyl (C=O) groups is 1. The van der Waals surface area contributed by atoms with E-state index < -0.39 is 11.4 Å². The van der Waals surface area contributed by atoms with Crippen molar-refractivity contribution >= 4 is 16.9 Å². The standard InChI is InChI=1S/C12H11FN2O2/c1-12(2,11(16)17)10-14-6-7-5-8(13)3-4-9(7)15-10/h3-6H,1-2H3,(H,16,17). The number of benzene rings is 1. The lowest BCUT2D eigenvalue weighted by Gasteiger charge is -2.17. The summed E-state index contributed by atoms with van der Waals surface area (Å²) in [5.74, 6) is -1.16. The summed E-state index contributed by atoms with van der Waals surface area (Å²) in [6, 6.07) is 4.10. The van der Waals surface area contributed by atoms with Gasteiger partial charge in [-0.25, -0.2) is 14.4 Å². The highest BCUT2D eigenvalue weighted by Gasteiger charge is 2.32. The van der Waals surface area contributed by atoms with Crippen LogP contribution in [-0.4, -0.2) is 21.0 Å². The van der Waals surface area contributed by atoms with Crippen LogP contribution in [0.5, 0.6) is 0 Å². The summed E-state index contributed by atoms with van der Waals surface area (Å²) in [6.45, 7) is 3.06. The fraction of sp³-hybridized carbons (Fsp3) is 0.250. The first-order chi connectivity index (χ1) is 7.91. The molecule has 0 aliphatic carbocycles. The first-order valence-electron chi connectivity index (χ1n) is 5.07. The number of fused-ring (bicyclic) bond motifs is 1. The van der Waals surface area contributed by atoms with E-state index in [2.05, 4.69) is 9.97 Å². The molecule has 1 aromatic heterocycles. The highest BCUT2D eigenvalue weighted by Crippen LogP contribution is 2.22. The highest BCUT2D eigenvalue weighted by atomic mass is 19.1. The van der Waals surface area contributed by atoms with Gasteiger partial charge in [-0.05, 0) is 32.0 Å². The molecular formula is C12H11FN2O2. The van der Waals surface area contributed by atoms with Crippen molar-refractivity contribution in [3.05, 3.63) is 36.0 Å². The van der Waals surface area contributed by atoms with Gasteiger partial charge in [0.15, 0.2) is 0 Å². The summed E-state index contributed by atoms with van der Waals surface area (Å²) >= 11 is 0. The maximum Gasteiger partial charge on any atom is 0.316 e. The Balaban J connectivity index is 2.59. The molecule has 88 valence electrons. The highest BCUT2D eigenvalue weighted by molar-refractivity contribution is 5.81. The maximum absolute atomic E-state index is 12.9. The van der Waals surface area contributed by atoms with Gasteiger partial charge in [0.25, 0.3) is 0 Å². The quantitative estimate of drug-likeness (QED) is 0.864. The molecule has 0 bridgehead atoms. The Labute approximate surface area is 97.1 Å². The van der Waals surface area contributed by atoms with Crippen molar-refractivity contribution in [2.24, 2.45) is 0 Å². The average Bonchev–Trinajstić information content (AvgIpc) is 2.28. The van der Waals surface area contributed by atoms with Crippen LogP contribution in [0.2, 0.25) is 0 Å². The molecule has 1 N–H and O–H groups in total. The number of aliphatic carboxylic acids is 1. The summed E-state index contributed by atoms with van der Waals surface area (Å²) < 4.78 is 12.9. The van der Waals surface area contributed by atoms with Gasteiger partial charge in [0.05, 0.1) is 5.52 Å². The summed E-state index contributed by atoms with van der Waals surface area (Å²) in [6.07, 6.45) is 1.44. The van der Waals surface area contributed by atoms with Crippen LogP contribution in [0.4, 0.5) is 4.39 Å². The molecule has 0 aliphatic rings. The summed E-state index contributed by atoms with van der Waals surface area (Å²) in [5, 5.41) is 9.62. The number of carboxylic acids is 1. The summed E-state index contributed by atoms with van der Waals surface area (Å²) in [5.41, 5.74) is -0.631. The van der Waals surface area contributed by atoms with Crippen molar-refractivity contribution in [2.45, 2.75) is 19.3 Å². The van der Waals surface area contributed by atoms with E-state index in [1.165, 1.54) is 38.2 Å². The van der Waals surface area contributed by atoms with E-state index in [9.17, 15) is 9.18 Å².